The molecule has 1 aromatic heterocycles. The van der Waals surface area contributed by atoms with Crippen LogP contribution in [0, 0.1) is 11.6 Å². The van der Waals surface area contributed by atoms with Gasteiger partial charge in [-0.15, -0.1) is 0 Å². The summed E-state index contributed by atoms with van der Waals surface area (Å²) in [6.45, 7) is 5.89. The number of nitrogens with zero attached hydrogens (tertiary/aromatic N) is 3. The molecule has 45 heavy (non-hydrogen) atoms. The zero-order chi connectivity index (χ0) is 30.8. The number of fused-ring (bicyclic) bond motifs is 1. The Morgan fingerprint density at radius 2 is 1.71 bits per heavy atom. The number of hydrogen-bond acceptors (Lipinski definition) is 6. The highest BCUT2D eigenvalue weighted by Crippen LogP contribution is 2.33. The van der Waals surface area contributed by atoms with Crippen molar-refractivity contribution in [1.29, 1.82) is 0 Å². The lowest BCUT2D eigenvalue weighted by Crippen LogP contribution is -2.39. The molecule has 236 valence electrons. The molecule has 3 saturated heterocycles. The van der Waals surface area contributed by atoms with E-state index in [0.717, 1.165) is 59.8 Å². The third-order valence-corrected chi connectivity index (χ3v) is 9.39. The molecule has 10 heteroatoms. The van der Waals surface area contributed by atoms with Crippen molar-refractivity contribution in [2.24, 2.45) is 0 Å². The Balaban J connectivity index is 1.14. The summed E-state index contributed by atoms with van der Waals surface area (Å²) in [5.74, 6) is -1.05. The van der Waals surface area contributed by atoms with E-state index < -0.39 is 11.6 Å². The number of likely N-dealkylation sites (tertiary alicyclic amines) is 1. The van der Waals surface area contributed by atoms with Crippen LogP contribution in [0.3, 0.4) is 0 Å². The van der Waals surface area contributed by atoms with Gasteiger partial charge in [0, 0.05) is 61.2 Å². The molecule has 0 bridgehead atoms. The fourth-order valence-electron chi connectivity index (χ4n) is 7.11. The Kier molecular flexibility index (Phi) is 8.67. The van der Waals surface area contributed by atoms with Crippen LogP contribution < -0.4 is 15.5 Å². The first-order chi connectivity index (χ1) is 22.0. The first kappa shape index (κ1) is 29.7. The Morgan fingerprint density at radius 1 is 0.911 bits per heavy atom. The topological polar surface area (TPSA) is 85.5 Å². The molecule has 3 fully saturated rings. The Morgan fingerprint density at radius 3 is 2.51 bits per heavy atom. The van der Waals surface area contributed by atoms with E-state index in [1.165, 1.54) is 50.9 Å². The lowest BCUT2D eigenvalue weighted by Gasteiger charge is -2.31. The number of hydrogen-bond donors (Lipinski definition) is 3. The predicted octanol–water partition coefficient (Wildman–Crippen LogP) is 6.34. The number of nitrogens with one attached hydrogen (secondary N) is 3. The average molecular weight is 615 g/mol. The Hall–Kier alpha value is -4.02. The summed E-state index contributed by atoms with van der Waals surface area (Å²) in [6, 6.07) is 16.0. The molecule has 7 rings (SSSR count). The van der Waals surface area contributed by atoms with Gasteiger partial charge in [-0.05, 0) is 112 Å². The van der Waals surface area contributed by atoms with Gasteiger partial charge in [0.15, 0.2) is 5.82 Å². The van der Waals surface area contributed by atoms with Crippen LogP contribution in [0.5, 0.6) is 0 Å². The van der Waals surface area contributed by atoms with Crippen molar-refractivity contribution in [3.8, 4) is 0 Å². The number of benzene rings is 3. The largest absolute Gasteiger partial charge is 0.381 e. The van der Waals surface area contributed by atoms with Crippen LogP contribution in [0.1, 0.15) is 60.0 Å². The van der Waals surface area contributed by atoms with Gasteiger partial charge < -0.3 is 25.2 Å². The predicted molar refractivity (Wildman–Crippen MR) is 173 cm³/mol. The van der Waals surface area contributed by atoms with E-state index in [-0.39, 0.29) is 11.9 Å². The number of anilines is 3. The number of halogens is 2. The van der Waals surface area contributed by atoms with E-state index in [4.69, 9.17) is 4.74 Å². The van der Waals surface area contributed by atoms with Gasteiger partial charge in [0.05, 0.1) is 11.1 Å². The standard InChI is InChI=1S/C35H40F2N6O2/c36-25-17-24(18-26(37)20-25)16-23-5-8-32-31(19-23)34(41-40-32)39-35(44)30-7-6-28(21-33(30)38-27-9-14-45-15-10-27)43-13-3-4-29(43)22-42-11-1-2-12-42/h5-8,17-21,27,29,38H,1-4,9-16,22H2,(H2,39,40,41,44). The van der Waals surface area contributed by atoms with E-state index >= 15 is 0 Å². The highest BCUT2D eigenvalue weighted by Gasteiger charge is 2.29. The van der Waals surface area contributed by atoms with Crippen LogP contribution in [0.2, 0.25) is 0 Å². The molecule has 0 radical (unpaired) electrons. The van der Waals surface area contributed by atoms with E-state index in [0.29, 0.717) is 42.6 Å². The van der Waals surface area contributed by atoms with Gasteiger partial charge in [-0.2, -0.15) is 5.10 Å². The fourth-order valence-corrected chi connectivity index (χ4v) is 7.11. The molecule has 4 heterocycles. The zero-order valence-electron chi connectivity index (χ0n) is 25.5. The van der Waals surface area contributed by atoms with Gasteiger partial charge in [-0.3, -0.25) is 9.89 Å². The molecule has 3 N–H and O–H groups in total. The minimum absolute atomic E-state index is 0.223. The molecule has 1 atom stereocenters. The van der Waals surface area contributed by atoms with Crippen LogP contribution in [-0.4, -0.2) is 72.5 Å². The lowest BCUT2D eigenvalue weighted by molar-refractivity contribution is 0.0904. The number of carbonyl (C=O) groups excluding carboxylic acids is 1. The van der Waals surface area contributed by atoms with Gasteiger partial charge in [0.25, 0.3) is 5.91 Å². The molecule has 3 aromatic carbocycles. The molecule has 8 nitrogen and oxygen atoms in total. The van der Waals surface area contributed by atoms with Crippen LogP contribution in [-0.2, 0) is 11.2 Å². The van der Waals surface area contributed by atoms with Crippen molar-refractivity contribution < 1.29 is 18.3 Å². The van der Waals surface area contributed by atoms with Crippen molar-refractivity contribution in [3.63, 3.8) is 0 Å². The molecule has 0 saturated carbocycles. The molecule has 1 unspecified atom stereocenters. The number of aromatic amines is 1. The fraction of sp³-hybridized carbons (Fsp3) is 0.429. The maximum atomic E-state index is 13.9. The summed E-state index contributed by atoms with van der Waals surface area (Å²) >= 11 is 0. The van der Waals surface area contributed by atoms with Crippen LogP contribution in [0.4, 0.5) is 26.0 Å². The normalized spacial score (nSPS) is 19.4. The summed E-state index contributed by atoms with van der Waals surface area (Å²) < 4.78 is 33.1. The summed E-state index contributed by atoms with van der Waals surface area (Å²) in [6.07, 6.45) is 7.04. The summed E-state index contributed by atoms with van der Waals surface area (Å²) in [5.41, 5.74) is 4.66. The van der Waals surface area contributed by atoms with Crippen molar-refractivity contribution in [1.82, 2.24) is 15.1 Å². The van der Waals surface area contributed by atoms with E-state index in [2.05, 4.69) is 42.8 Å². The second-order valence-corrected chi connectivity index (χ2v) is 12.6. The first-order valence-corrected chi connectivity index (χ1v) is 16.2. The monoisotopic (exact) mass is 614 g/mol. The number of H-pyrrole nitrogens is 1. The second-order valence-electron chi connectivity index (χ2n) is 12.6. The Labute approximate surface area is 262 Å². The van der Waals surface area contributed by atoms with E-state index in [1.54, 1.807) is 0 Å². The van der Waals surface area contributed by atoms with Gasteiger partial charge in [-0.1, -0.05) is 6.07 Å². The van der Waals surface area contributed by atoms with Crippen LogP contribution >= 0.6 is 0 Å². The highest BCUT2D eigenvalue weighted by molar-refractivity contribution is 6.11. The minimum Gasteiger partial charge on any atom is -0.381 e. The molecular formula is C35H40F2N6O2. The maximum Gasteiger partial charge on any atom is 0.258 e. The number of rotatable bonds is 9. The molecular weight excluding hydrogens is 574 g/mol. The smallest absolute Gasteiger partial charge is 0.258 e. The van der Waals surface area contributed by atoms with Gasteiger partial charge >= 0.3 is 0 Å². The summed E-state index contributed by atoms with van der Waals surface area (Å²) in [4.78, 5) is 19.0. The third-order valence-electron chi connectivity index (χ3n) is 9.39. The average Bonchev–Trinajstić information content (AvgIpc) is 3.80. The molecule has 0 spiro atoms. The SMILES string of the molecule is O=C(Nc1n[nH]c2ccc(Cc3cc(F)cc(F)c3)cc12)c1ccc(N2CCCC2CN2CCCC2)cc1NC1CCOCC1. The molecule has 3 aliphatic heterocycles. The number of aromatic nitrogens is 2. The Bertz CT molecular complexity index is 1640. The summed E-state index contributed by atoms with van der Waals surface area (Å²) in [7, 11) is 0. The molecule has 4 aromatic rings. The highest BCUT2D eigenvalue weighted by atomic mass is 19.1. The van der Waals surface area contributed by atoms with Crippen molar-refractivity contribution in [2.75, 3.05) is 54.9 Å². The number of carbonyl (C=O) groups is 1. The van der Waals surface area contributed by atoms with Crippen molar-refractivity contribution in [2.45, 2.75) is 57.0 Å². The quantitative estimate of drug-likeness (QED) is 0.204. The van der Waals surface area contributed by atoms with Gasteiger partial charge in [0.1, 0.15) is 11.6 Å². The van der Waals surface area contributed by atoms with Gasteiger partial charge in [-0.25, -0.2) is 8.78 Å². The van der Waals surface area contributed by atoms with Crippen molar-refractivity contribution >= 4 is 34.0 Å². The lowest BCUT2D eigenvalue weighted by atomic mass is 10.0. The minimum atomic E-state index is -0.606. The van der Waals surface area contributed by atoms with Crippen molar-refractivity contribution in [3.05, 3.63) is 82.9 Å². The number of ether oxygens (including phenoxy) is 1. The summed E-state index contributed by atoms with van der Waals surface area (Å²) in [5, 5.41) is 14.8. The zero-order valence-corrected chi connectivity index (χ0v) is 25.5. The van der Waals surface area contributed by atoms with Crippen LogP contribution in [0.25, 0.3) is 10.9 Å². The number of amides is 1. The molecule has 0 aliphatic carbocycles. The molecule has 3 aliphatic rings. The van der Waals surface area contributed by atoms with Crippen LogP contribution in [0.15, 0.2) is 54.6 Å². The maximum absolute atomic E-state index is 13.9. The van der Waals surface area contributed by atoms with E-state index in [9.17, 15) is 13.6 Å². The second kappa shape index (κ2) is 13.1. The molecule has 1 amide bonds. The third kappa shape index (κ3) is 6.82. The first-order valence-electron chi connectivity index (χ1n) is 16.2. The van der Waals surface area contributed by atoms with E-state index in [1.807, 2.05) is 24.3 Å². The van der Waals surface area contributed by atoms with Gasteiger partial charge in [0.2, 0.25) is 0 Å².